The summed E-state index contributed by atoms with van der Waals surface area (Å²) in [6, 6.07) is 10.4. The van der Waals surface area contributed by atoms with Gasteiger partial charge < -0.3 is 19.6 Å². The zero-order chi connectivity index (χ0) is 16.4. The summed E-state index contributed by atoms with van der Waals surface area (Å²) in [4.78, 5) is 23.4. The number of aromatic carboxylic acids is 1. The maximum atomic E-state index is 12.6. The minimum Gasteiger partial charge on any atom is -0.496 e. The van der Waals surface area contributed by atoms with Gasteiger partial charge in [-0.1, -0.05) is 18.2 Å². The standard InChI is InChI=1S/C17H17NO5/c1-22-13-5-3-2-4-12(13)17(8-9-17)16(21)18-10-11-6-7-14(23-11)15(19)20/h2-7H,8-10H2,1H3,(H,18,21)(H,19,20). The lowest BCUT2D eigenvalue weighted by Crippen LogP contribution is -2.34. The Morgan fingerprint density at radius 3 is 2.61 bits per heavy atom. The molecule has 120 valence electrons. The SMILES string of the molecule is COc1ccccc1C1(C(=O)NCc2ccc(C(=O)O)o2)CC1. The average Bonchev–Trinajstić information content (AvgIpc) is 3.23. The van der Waals surface area contributed by atoms with Gasteiger partial charge in [0.25, 0.3) is 0 Å². The van der Waals surface area contributed by atoms with Gasteiger partial charge in [0.15, 0.2) is 0 Å². The summed E-state index contributed by atoms with van der Waals surface area (Å²) in [6.45, 7) is 0.156. The molecule has 23 heavy (non-hydrogen) atoms. The Kier molecular flexibility index (Phi) is 3.82. The number of nitrogens with one attached hydrogen (secondary N) is 1. The molecule has 2 N–H and O–H groups in total. The van der Waals surface area contributed by atoms with Crippen molar-refractivity contribution in [1.82, 2.24) is 5.32 Å². The van der Waals surface area contributed by atoms with Crippen LogP contribution in [0, 0.1) is 0 Å². The first-order valence-electron chi connectivity index (χ1n) is 7.30. The van der Waals surface area contributed by atoms with Crippen molar-refractivity contribution in [1.29, 1.82) is 0 Å². The second-order valence-electron chi connectivity index (χ2n) is 5.54. The molecule has 0 spiro atoms. The summed E-state index contributed by atoms with van der Waals surface area (Å²) in [7, 11) is 1.59. The average molecular weight is 315 g/mol. The van der Waals surface area contributed by atoms with Gasteiger partial charge in [-0.05, 0) is 31.0 Å². The van der Waals surface area contributed by atoms with Crippen molar-refractivity contribution < 1.29 is 23.8 Å². The number of hydrogen-bond acceptors (Lipinski definition) is 4. The normalized spacial score (nSPS) is 15.0. The minimum atomic E-state index is -1.13. The lowest BCUT2D eigenvalue weighted by Gasteiger charge is -2.18. The maximum Gasteiger partial charge on any atom is 0.371 e. The monoisotopic (exact) mass is 315 g/mol. The van der Waals surface area contributed by atoms with E-state index >= 15 is 0 Å². The number of amides is 1. The lowest BCUT2D eigenvalue weighted by molar-refractivity contribution is -0.123. The van der Waals surface area contributed by atoms with Crippen molar-refractivity contribution in [3.05, 3.63) is 53.5 Å². The number of benzene rings is 1. The summed E-state index contributed by atoms with van der Waals surface area (Å²) in [5, 5.41) is 11.6. The topological polar surface area (TPSA) is 88.8 Å². The Hall–Kier alpha value is -2.76. The molecule has 1 aliphatic carbocycles. The Bertz CT molecular complexity index is 745. The molecule has 6 nitrogen and oxygen atoms in total. The Morgan fingerprint density at radius 1 is 1.26 bits per heavy atom. The van der Waals surface area contributed by atoms with Gasteiger partial charge in [0, 0.05) is 5.56 Å². The Balaban J connectivity index is 1.71. The van der Waals surface area contributed by atoms with Gasteiger partial charge in [0.05, 0.1) is 19.1 Å². The number of ether oxygens (including phenoxy) is 1. The lowest BCUT2D eigenvalue weighted by atomic mass is 9.94. The molecular weight excluding hydrogens is 298 g/mol. The number of para-hydroxylation sites is 1. The molecule has 1 saturated carbocycles. The molecule has 1 heterocycles. The van der Waals surface area contributed by atoms with Gasteiger partial charge in [0.1, 0.15) is 11.5 Å². The van der Waals surface area contributed by atoms with Crippen LogP contribution in [0.2, 0.25) is 0 Å². The van der Waals surface area contributed by atoms with E-state index in [1.54, 1.807) is 13.2 Å². The number of rotatable bonds is 6. The molecule has 6 heteroatoms. The quantitative estimate of drug-likeness (QED) is 0.854. The first-order chi connectivity index (χ1) is 11.1. The molecule has 0 aliphatic heterocycles. The fourth-order valence-corrected chi connectivity index (χ4v) is 2.71. The van der Waals surface area contributed by atoms with E-state index in [1.165, 1.54) is 6.07 Å². The van der Waals surface area contributed by atoms with Gasteiger partial charge in [-0.2, -0.15) is 0 Å². The molecule has 1 fully saturated rings. The summed E-state index contributed by atoms with van der Waals surface area (Å²) < 4.78 is 10.5. The third-order valence-electron chi connectivity index (χ3n) is 4.10. The number of carbonyl (C=O) groups is 2. The molecular formula is C17H17NO5. The number of carboxylic acid groups (broad SMARTS) is 1. The molecule has 1 amide bonds. The molecule has 2 aromatic rings. The molecule has 0 unspecified atom stereocenters. The predicted octanol–water partition coefficient (Wildman–Crippen LogP) is 2.33. The van der Waals surface area contributed by atoms with Crippen molar-refractivity contribution >= 4 is 11.9 Å². The Morgan fingerprint density at radius 2 is 2.00 bits per heavy atom. The van der Waals surface area contributed by atoms with Crippen LogP contribution in [0.4, 0.5) is 0 Å². The molecule has 1 aromatic heterocycles. The van der Waals surface area contributed by atoms with E-state index < -0.39 is 11.4 Å². The molecule has 0 saturated heterocycles. The van der Waals surface area contributed by atoms with E-state index in [1.807, 2.05) is 24.3 Å². The van der Waals surface area contributed by atoms with Crippen LogP contribution in [0.15, 0.2) is 40.8 Å². The van der Waals surface area contributed by atoms with E-state index in [9.17, 15) is 9.59 Å². The van der Waals surface area contributed by atoms with Gasteiger partial charge in [-0.15, -0.1) is 0 Å². The predicted molar refractivity (Wildman–Crippen MR) is 81.4 cm³/mol. The van der Waals surface area contributed by atoms with Crippen molar-refractivity contribution in [3.63, 3.8) is 0 Å². The van der Waals surface area contributed by atoms with E-state index in [0.717, 1.165) is 18.4 Å². The van der Waals surface area contributed by atoms with Crippen LogP contribution in [0.1, 0.15) is 34.7 Å². The van der Waals surface area contributed by atoms with E-state index in [-0.39, 0.29) is 18.2 Å². The van der Waals surface area contributed by atoms with Crippen LogP contribution in [0.3, 0.4) is 0 Å². The largest absolute Gasteiger partial charge is 0.496 e. The smallest absolute Gasteiger partial charge is 0.371 e. The van der Waals surface area contributed by atoms with Crippen molar-refractivity contribution in [2.75, 3.05) is 7.11 Å². The van der Waals surface area contributed by atoms with Gasteiger partial charge in [-0.3, -0.25) is 4.79 Å². The van der Waals surface area contributed by atoms with Crippen LogP contribution < -0.4 is 10.1 Å². The first-order valence-corrected chi connectivity index (χ1v) is 7.30. The summed E-state index contributed by atoms with van der Waals surface area (Å²) >= 11 is 0. The third kappa shape index (κ3) is 2.79. The van der Waals surface area contributed by atoms with E-state index in [2.05, 4.69) is 5.32 Å². The molecule has 1 aliphatic rings. The summed E-state index contributed by atoms with van der Waals surface area (Å²) in [5.74, 6) is -0.261. The number of carboxylic acids is 1. The number of carbonyl (C=O) groups excluding carboxylic acids is 1. The van der Waals surface area contributed by atoms with Crippen molar-refractivity contribution in [2.24, 2.45) is 0 Å². The summed E-state index contributed by atoms with van der Waals surface area (Å²) in [5.41, 5.74) is 0.320. The van der Waals surface area contributed by atoms with E-state index in [0.29, 0.717) is 11.5 Å². The van der Waals surface area contributed by atoms with Crippen LogP contribution in [-0.2, 0) is 16.8 Å². The fraction of sp³-hybridized carbons (Fsp3) is 0.294. The molecule has 3 rings (SSSR count). The second kappa shape index (κ2) is 5.79. The third-order valence-corrected chi connectivity index (χ3v) is 4.10. The van der Waals surface area contributed by atoms with Crippen LogP contribution in [0.25, 0.3) is 0 Å². The number of furan rings is 1. The number of hydrogen-bond donors (Lipinski definition) is 2. The van der Waals surface area contributed by atoms with Crippen LogP contribution in [-0.4, -0.2) is 24.1 Å². The van der Waals surface area contributed by atoms with Crippen molar-refractivity contribution in [2.45, 2.75) is 24.8 Å². The first kappa shape index (κ1) is 15.1. The van der Waals surface area contributed by atoms with Gasteiger partial charge in [0.2, 0.25) is 11.7 Å². The fourth-order valence-electron chi connectivity index (χ4n) is 2.71. The van der Waals surface area contributed by atoms with Crippen LogP contribution >= 0.6 is 0 Å². The van der Waals surface area contributed by atoms with Crippen LogP contribution in [0.5, 0.6) is 5.75 Å². The molecule has 0 radical (unpaired) electrons. The maximum absolute atomic E-state index is 12.6. The zero-order valence-corrected chi connectivity index (χ0v) is 12.7. The van der Waals surface area contributed by atoms with E-state index in [4.69, 9.17) is 14.3 Å². The highest BCUT2D eigenvalue weighted by atomic mass is 16.5. The molecule has 1 aromatic carbocycles. The molecule has 0 atom stereocenters. The summed E-state index contributed by atoms with van der Waals surface area (Å²) in [6.07, 6.45) is 1.52. The zero-order valence-electron chi connectivity index (χ0n) is 12.7. The number of methoxy groups -OCH3 is 1. The second-order valence-corrected chi connectivity index (χ2v) is 5.54. The van der Waals surface area contributed by atoms with Gasteiger partial charge >= 0.3 is 5.97 Å². The molecule has 0 bridgehead atoms. The van der Waals surface area contributed by atoms with Gasteiger partial charge in [-0.25, -0.2) is 4.79 Å². The highest BCUT2D eigenvalue weighted by molar-refractivity contribution is 5.92. The van der Waals surface area contributed by atoms with Crippen molar-refractivity contribution in [3.8, 4) is 5.75 Å². The minimum absolute atomic E-state index is 0.102. The highest BCUT2D eigenvalue weighted by Gasteiger charge is 2.52. The Labute approximate surface area is 133 Å². The highest BCUT2D eigenvalue weighted by Crippen LogP contribution is 2.51.